The van der Waals surface area contributed by atoms with Crippen molar-refractivity contribution in [1.82, 2.24) is 14.7 Å². The zero-order chi connectivity index (χ0) is 12.8. The van der Waals surface area contributed by atoms with Gasteiger partial charge in [-0.15, -0.1) is 0 Å². The number of rotatable bonds is 6. The molecule has 2 heterocycles. The van der Waals surface area contributed by atoms with E-state index in [1.807, 2.05) is 6.20 Å². The van der Waals surface area contributed by atoms with Gasteiger partial charge in [0.15, 0.2) is 0 Å². The highest BCUT2D eigenvalue weighted by atomic mass is 15.3. The van der Waals surface area contributed by atoms with Crippen LogP contribution in [0.1, 0.15) is 43.7 Å². The van der Waals surface area contributed by atoms with E-state index in [0.29, 0.717) is 6.04 Å². The van der Waals surface area contributed by atoms with E-state index in [1.54, 1.807) is 0 Å². The minimum atomic E-state index is 0.571. The average Bonchev–Trinajstić information content (AvgIpc) is 2.82. The van der Waals surface area contributed by atoms with E-state index in [1.165, 1.54) is 44.3 Å². The van der Waals surface area contributed by atoms with Crippen molar-refractivity contribution in [2.24, 2.45) is 5.73 Å². The Labute approximate surface area is 110 Å². The van der Waals surface area contributed by atoms with Crippen molar-refractivity contribution in [1.29, 1.82) is 0 Å². The number of nitrogens with two attached hydrogens (primary N) is 1. The number of piperidine rings is 1. The van der Waals surface area contributed by atoms with Crippen LogP contribution in [-0.4, -0.2) is 40.9 Å². The largest absolute Gasteiger partial charge is 0.330 e. The zero-order valence-corrected chi connectivity index (χ0v) is 11.5. The van der Waals surface area contributed by atoms with Gasteiger partial charge in [0.25, 0.3) is 0 Å². The maximum atomic E-state index is 5.52. The summed E-state index contributed by atoms with van der Waals surface area (Å²) in [7, 11) is 0. The van der Waals surface area contributed by atoms with Crippen molar-refractivity contribution in [3.05, 3.63) is 18.0 Å². The molecule has 1 unspecified atom stereocenters. The monoisotopic (exact) mass is 250 g/mol. The summed E-state index contributed by atoms with van der Waals surface area (Å²) in [6.07, 6.45) is 10.4. The summed E-state index contributed by atoms with van der Waals surface area (Å²) in [5.74, 6) is 0. The zero-order valence-electron chi connectivity index (χ0n) is 11.5. The molecule has 0 aliphatic carbocycles. The second kappa shape index (κ2) is 6.90. The number of hydrogen-bond donors (Lipinski definition) is 1. The molecule has 4 nitrogen and oxygen atoms in total. The summed E-state index contributed by atoms with van der Waals surface area (Å²) in [6.45, 7) is 6.56. The van der Waals surface area contributed by atoms with Gasteiger partial charge in [0.05, 0.1) is 12.2 Å². The van der Waals surface area contributed by atoms with Crippen LogP contribution < -0.4 is 5.73 Å². The van der Waals surface area contributed by atoms with E-state index in [2.05, 4.69) is 27.8 Å². The molecule has 1 aliphatic heterocycles. The van der Waals surface area contributed by atoms with Gasteiger partial charge in [0, 0.05) is 12.7 Å². The van der Waals surface area contributed by atoms with Crippen molar-refractivity contribution in [3.8, 4) is 0 Å². The summed E-state index contributed by atoms with van der Waals surface area (Å²) >= 11 is 0. The van der Waals surface area contributed by atoms with Crippen LogP contribution in [0.2, 0.25) is 0 Å². The number of nitrogens with zero attached hydrogens (tertiary/aromatic N) is 3. The van der Waals surface area contributed by atoms with Crippen LogP contribution in [0.15, 0.2) is 12.4 Å². The molecule has 102 valence electrons. The molecule has 0 amide bonds. The summed E-state index contributed by atoms with van der Waals surface area (Å²) < 4.78 is 2.15. The molecular weight excluding hydrogens is 224 g/mol. The lowest BCUT2D eigenvalue weighted by atomic mass is 10.1. The maximum Gasteiger partial charge on any atom is 0.0646 e. The van der Waals surface area contributed by atoms with Gasteiger partial charge in [0.1, 0.15) is 0 Å². The highest BCUT2D eigenvalue weighted by Gasteiger charge is 2.21. The van der Waals surface area contributed by atoms with Crippen LogP contribution >= 0.6 is 0 Å². The molecule has 1 aromatic rings. The number of aromatic nitrogens is 2. The van der Waals surface area contributed by atoms with Crippen LogP contribution in [-0.2, 0) is 0 Å². The third-order valence-electron chi connectivity index (χ3n) is 3.76. The van der Waals surface area contributed by atoms with Gasteiger partial charge >= 0.3 is 0 Å². The fourth-order valence-electron chi connectivity index (χ4n) is 2.74. The first-order chi connectivity index (χ1) is 8.79. The topological polar surface area (TPSA) is 47.1 Å². The number of unbranched alkanes of at least 4 members (excludes halogenated alkanes) is 2. The maximum absolute atomic E-state index is 5.52. The molecule has 0 spiro atoms. The quantitative estimate of drug-likeness (QED) is 0.785. The van der Waals surface area contributed by atoms with Crippen molar-refractivity contribution < 1.29 is 0 Å². The SMILES string of the molecule is Cc1cnn(C2CCCN(CCCCCN)C2)c1. The van der Waals surface area contributed by atoms with Crippen molar-refractivity contribution in [2.45, 2.75) is 45.1 Å². The van der Waals surface area contributed by atoms with Gasteiger partial charge in [0.2, 0.25) is 0 Å². The van der Waals surface area contributed by atoms with Gasteiger partial charge in [-0.25, -0.2) is 0 Å². The molecular formula is C14H26N4. The highest BCUT2D eigenvalue weighted by Crippen LogP contribution is 2.21. The minimum absolute atomic E-state index is 0.571. The highest BCUT2D eigenvalue weighted by molar-refractivity contribution is 5.01. The van der Waals surface area contributed by atoms with Gasteiger partial charge in [-0.05, 0) is 57.8 Å². The molecule has 18 heavy (non-hydrogen) atoms. The van der Waals surface area contributed by atoms with Crippen LogP contribution in [0.4, 0.5) is 0 Å². The Bertz CT molecular complexity index is 347. The molecule has 0 radical (unpaired) electrons. The third-order valence-corrected chi connectivity index (χ3v) is 3.76. The Morgan fingerprint density at radius 1 is 1.39 bits per heavy atom. The van der Waals surface area contributed by atoms with Gasteiger partial charge in [-0.3, -0.25) is 4.68 Å². The lowest BCUT2D eigenvalue weighted by molar-refractivity contribution is 0.167. The Balaban J connectivity index is 1.77. The van der Waals surface area contributed by atoms with Crippen LogP contribution in [0.5, 0.6) is 0 Å². The van der Waals surface area contributed by atoms with Crippen molar-refractivity contribution >= 4 is 0 Å². The van der Waals surface area contributed by atoms with Gasteiger partial charge in [-0.2, -0.15) is 5.10 Å². The number of aryl methyl sites for hydroxylation is 1. The summed E-state index contributed by atoms with van der Waals surface area (Å²) in [5, 5.41) is 4.46. The fourth-order valence-corrected chi connectivity index (χ4v) is 2.74. The molecule has 0 bridgehead atoms. The van der Waals surface area contributed by atoms with E-state index < -0.39 is 0 Å². The Hall–Kier alpha value is -0.870. The summed E-state index contributed by atoms with van der Waals surface area (Å²) in [4.78, 5) is 2.59. The predicted octanol–water partition coefficient (Wildman–Crippen LogP) is 1.96. The molecule has 1 aliphatic rings. The van der Waals surface area contributed by atoms with E-state index in [0.717, 1.165) is 19.5 Å². The second-order valence-corrected chi connectivity index (χ2v) is 5.44. The molecule has 0 aromatic carbocycles. The van der Waals surface area contributed by atoms with Gasteiger partial charge in [-0.1, -0.05) is 6.42 Å². The van der Waals surface area contributed by atoms with Gasteiger partial charge < -0.3 is 10.6 Å². The fraction of sp³-hybridized carbons (Fsp3) is 0.786. The predicted molar refractivity (Wildman–Crippen MR) is 74.6 cm³/mol. The third kappa shape index (κ3) is 3.82. The molecule has 2 N–H and O–H groups in total. The second-order valence-electron chi connectivity index (χ2n) is 5.44. The molecule has 1 fully saturated rings. The van der Waals surface area contributed by atoms with E-state index in [9.17, 15) is 0 Å². The van der Waals surface area contributed by atoms with E-state index in [-0.39, 0.29) is 0 Å². The Morgan fingerprint density at radius 2 is 2.28 bits per heavy atom. The Morgan fingerprint density at radius 3 is 3.00 bits per heavy atom. The lowest BCUT2D eigenvalue weighted by Crippen LogP contribution is -2.37. The van der Waals surface area contributed by atoms with Crippen molar-refractivity contribution in [3.63, 3.8) is 0 Å². The number of likely N-dealkylation sites (tertiary alicyclic amines) is 1. The first kappa shape index (κ1) is 13.6. The first-order valence-corrected chi connectivity index (χ1v) is 7.23. The first-order valence-electron chi connectivity index (χ1n) is 7.23. The minimum Gasteiger partial charge on any atom is -0.330 e. The molecule has 1 saturated heterocycles. The van der Waals surface area contributed by atoms with Crippen LogP contribution in [0.25, 0.3) is 0 Å². The van der Waals surface area contributed by atoms with Crippen molar-refractivity contribution in [2.75, 3.05) is 26.2 Å². The van der Waals surface area contributed by atoms with E-state index >= 15 is 0 Å². The summed E-state index contributed by atoms with van der Waals surface area (Å²) in [6, 6.07) is 0.571. The average molecular weight is 250 g/mol. The molecule has 0 saturated carbocycles. The van der Waals surface area contributed by atoms with Crippen LogP contribution in [0, 0.1) is 6.92 Å². The smallest absolute Gasteiger partial charge is 0.0646 e. The molecule has 2 rings (SSSR count). The summed E-state index contributed by atoms with van der Waals surface area (Å²) in [5.41, 5.74) is 6.78. The molecule has 1 atom stereocenters. The lowest BCUT2D eigenvalue weighted by Gasteiger charge is -2.32. The normalized spacial score (nSPS) is 21.3. The van der Waals surface area contributed by atoms with E-state index in [4.69, 9.17) is 5.73 Å². The standard InChI is InChI=1S/C14H26N4/c1-13-10-16-18(11-13)14-6-5-9-17(12-14)8-4-2-3-7-15/h10-11,14H,2-9,12,15H2,1H3. The number of hydrogen-bond acceptors (Lipinski definition) is 3. The molecule has 1 aromatic heterocycles. The van der Waals surface area contributed by atoms with Crippen LogP contribution in [0.3, 0.4) is 0 Å². The molecule has 4 heteroatoms. The Kier molecular flexibility index (Phi) is 5.20.